The smallest absolute Gasteiger partial charge is 0.430 e. The summed E-state index contributed by atoms with van der Waals surface area (Å²) in [6.45, 7) is 13.4. The lowest BCUT2D eigenvalue weighted by Crippen LogP contribution is -2.52. The Kier molecular flexibility index (Phi) is 6.57. The largest absolute Gasteiger partial charge is 0.463 e. The van der Waals surface area contributed by atoms with Gasteiger partial charge in [0.15, 0.2) is 0 Å². The maximum atomic E-state index is 12.7. The van der Waals surface area contributed by atoms with Crippen molar-refractivity contribution in [2.24, 2.45) is 0 Å². The van der Waals surface area contributed by atoms with Crippen molar-refractivity contribution in [2.75, 3.05) is 0 Å². The number of alkyl halides is 3. The molecule has 26 heavy (non-hydrogen) atoms. The Balaban J connectivity index is 3.05. The molecule has 1 aromatic carbocycles. The summed E-state index contributed by atoms with van der Waals surface area (Å²) in [5.41, 5.74) is -0.107. The van der Waals surface area contributed by atoms with Crippen LogP contribution in [0.4, 0.5) is 18.0 Å². The Hall–Kier alpha value is -1.54. The highest BCUT2D eigenvalue weighted by molar-refractivity contribution is 6.74. The van der Waals surface area contributed by atoms with E-state index in [1.54, 1.807) is 13.8 Å². The molecule has 0 radical (unpaired) electrons. The molecule has 148 valence electrons. The van der Waals surface area contributed by atoms with Gasteiger partial charge in [0.05, 0.1) is 11.6 Å². The van der Waals surface area contributed by atoms with Crippen LogP contribution in [0.25, 0.3) is 0 Å². The molecule has 0 aliphatic carbocycles. The predicted octanol–water partition coefficient (Wildman–Crippen LogP) is 6.11. The fraction of sp³-hybridized carbons (Fsp3) is 0.611. The molecule has 0 aromatic heterocycles. The Labute approximate surface area is 154 Å². The first-order chi connectivity index (χ1) is 11.6. The third-order valence-corrected chi connectivity index (χ3v) is 9.44. The van der Waals surface area contributed by atoms with E-state index in [2.05, 4.69) is 0 Å². The number of hydrogen-bond acceptors (Lipinski definition) is 2. The van der Waals surface area contributed by atoms with Crippen LogP contribution in [0.15, 0.2) is 24.3 Å². The van der Waals surface area contributed by atoms with Crippen LogP contribution in [-0.2, 0) is 10.7 Å². The molecule has 0 aliphatic rings. The van der Waals surface area contributed by atoms with E-state index in [9.17, 15) is 23.1 Å². The van der Waals surface area contributed by atoms with Gasteiger partial charge < -0.3 is 9.63 Å². The molecule has 0 unspecified atom stereocenters. The van der Waals surface area contributed by atoms with Crippen molar-refractivity contribution in [3.8, 4) is 0 Å². The second kappa shape index (κ2) is 7.60. The minimum absolute atomic E-state index is 0.183. The summed E-state index contributed by atoms with van der Waals surface area (Å²) in [6.07, 6.45) is -5.60. The van der Waals surface area contributed by atoms with Crippen molar-refractivity contribution in [3.05, 3.63) is 35.4 Å². The zero-order valence-electron chi connectivity index (χ0n) is 16.3. The van der Waals surface area contributed by atoms with Gasteiger partial charge in [-0.1, -0.05) is 39.8 Å². The number of hydrogen-bond donors (Lipinski definition) is 1. The maximum absolute atomic E-state index is 12.7. The van der Waals surface area contributed by atoms with Gasteiger partial charge in [-0.25, -0.2) is 4.79 Å². The monoisotopic (exact) mass is 391 g/mol. The first-order valence-electron chi connectivity index (χ1n) is 8.46. The second-order valence-corrected chi connectivity index (χ2v) is 12.8. The van der Waals surface area contributed by atoms with Gasteiger partial charge in [0.25, 0.3) is 0 Å². The van der Waals surface area contributed by atoms with Gasteiger partial charge in [0, 0.05) is 5.92 Å². The number of halogens is 3. The Morgan fingerprint density at radius 1 is 1.12 bits per heavy atom. The predicted molar refractivity (Wildman–Crippen MR) is 97.5 cm³/mol. The van der Waals surface area contributed by atoms with Gasteiger partial charge in [0.1, 0.15) is 0 Å². The van der Waals surface area contributed by atoms with Crippen LogP contribution < -0.4 is 0 Å². The quantitative estimate of drug-likeness (QED) is 0.486. The van der Waals surface area contributed by atoms with Crippen LogP contribution in [0, 0.1) is 0 Å². The van der Waals surface area contributed by atoms with E-state index in [1.165, 1.54) is 12.1 Å². The number of benzene rings is 1. The molecule has 1 aromatic rings. The van der Waals surface area contributed by atoms with Gasteiger partial charge in [-0.05, 0) is 42.8 Å². The van der Waals surface area contributed by atoms with Crippen LogP contribution in [0.2, 0.25) is 18.1 Å². The van der Waals surface area contributed by atoms with Crippen molar-refractivity contribution in [1.82, 2.24) is 5.06 Å². The molecule has 0 bridgehead atoms. The van der Waals surface area contributed by atoms with Crippen LogP contribution in [0.1, 0.15) is 51.7 Å². The normalized spacial score (nSPS) is 15.5. The third-order valence-electron chi connectivity index (χ3n) is 5.18. The Bertz CT molecular complexity index is 624. The summed E-state index contributed by atoms with van der Waals surface area (Å²) >= 11 is 0. The van der Waals surface area contributed by atoms with Crippen molar-refractivity contribution < 1.29 is 27.6 Å². The van der Waals surface area contributed by atoms with Crippen LogP contribution in [-0.4, -0.2) is 30.6 Å². The topological polar surface area (TPSA) is 49.8 Å². The fourth-order valence-electron chi connectivity index (χ4n) is 2.14. The average molecular weight is 392 g/mol. The molecule has 0 fully saturated rings. The van der Waals surface area contributed by atoms with E-state index in [-0.39, 0.29) is 11.0 Å². The number of hydroxylamine groups is 2. The van der Waals surface area contributed by atoms with Gasteiger partial charge in [-0.15, -0.1) is 0 Å². The molecule has 0 saturated heterocycles. The number of nitrogens with zero attached hydrogens (tertiary/aromatic N) is 1. The minimum atomic E-state index is -4.40. The molecule has 0 spiro atoms. The molecule has 1 rings (SSSR count). The highest BCUT2D eigenvalue weighted by atomic mass is 28.4. The zero-order valence-corrected chi connectivity index (χ0v) is 17.3. The van der Waals surface area contributed by atoms with Crippen molar-refractivity contribution >= 4 is 14.4 Å². The molecule has 2 atom stereocenters. The maximum Gasteiger partial charge on any atom is 0.430 e. The van der Waals surface area contributed by atoms with Crippen LogP contribution >= 0.6 is 0 Å². The third kappa shape index (κ3) is 5.23. The SMILES string of the molecule is C[C@@H](c1ccc(C(F)(F)F)cc1)[C@H](C)N(O[Si](C)(C)C(C)(C)C)C(=O)O. The second-order valence-electron chi connectivity index (χ2n) is 8.11. The van der Waals surface area contributed by atoms with Crippen molar-refractivity contribution in [3.63, 3.8) is 0 Å². The van der Waals surface area contributed by atoms with E-state index in [0.29, 0.717) is 5.56 Å². The Morgan fingerprint density at radius 2 is 1.58 bits per heavy atom. The molecule has 1 N–H and O–H groups in total. The molecular formula is C18H28F3NO3Si. The minimum Gasteiger partial charge on any atom is -0.463 e. The Morgan fingerprint density at radius 3 is 1.92 bits per heavy atom. The standard InChI is InChI=1S/C18H28F3NO3Si/c1-12(14-8-10-15(11-9-14)18(19,20)21)13(2)22(16(23)24)25-26(6,7)17(3,4)5/h8-13H,1-7H3,(H,23,24)/t12-,13+/m1/s1. The van der Waals surface area contributed by atoms with E-state index in [0.717, 1.165) is 17.2 Å². The lowest BCUT2D eigenvalue weighted by atomic mass is 9.93. The number of carboxylic acid groups (broad SMARTS) is 1. The summed E-state index contributed by atoms with van der Waals surface area (Å²) in [7, 11) is -2.38. The molecule has 0 saturated carbocycles. The lowest BCUT2D eigenvalue weighted by molar-refractivity contribution is -0.137. The van der Waals surface area contributed by atoms with Crippen LogP contribution in [0.3, 0.4) is 0 Å². The zero-order chi connectivity index (χ0) is 20.5. The molecule has 1 amide bonds. The molecular weight excluding hydrogens is 363 g/mol. The van der Waals surface area contributed by atoms with Gasteiger partial charge in [-0.2, -0.15) is 18.2 Å². The first-order valence-corrected chi connectivity index (χ1v) is 11.4. The van der Waals surface area contributed by atoms with E-state index >= 15 is 0 Å². The lowest BCUT2D eigenvalue weighted by Gasteiger charge is -2.41. The van der Waals surface area contributed by atoms with Crippen molar-refractivity contribution in [2.45, 2.75) is 70.9 Å². The summed E-state index contributed by atoms with van der Waals surface area (Å²) in [4.78, 5) is 11.7. The first kappa shape index (κ1) is 22.5. The van der Waals surface area contributed by atoms with Gasteiger partial charge in [0.2, 0.25) is 8.32 Å². The molecule has 4 nitrogen and oxygen atoms in total. The highest BCUT2D eigenvalue weighted by Crippen LogP contribution is 2.38. The summed E-state index contributed by atoms with van der Waals surface area (Å²) in [6, 6.07) is 4.24. The fourth-order valence-corrected chi connectivity index (χ4v) is 3.15. The van der Waals surface area contributed by atoms with E-state index in [4.69, 9.17) is 4.53 Å². The van der Waals surface area contributed by atoms with Crippen LogP contribution in [0.5, 0.6) is 0 Å². The summed E-state index contributed by atoms with van der Waals surface area (Å²) < 4.78 is 44.1. The van der Waals surface area contributed by atoms with Gasteiger partial charge in [-0.3, -0.25) is 0 Å². The summed E-state index contributed by atoms with van der Waals surface area (Å²) in [5.74, 6) is -0.335. The molecule has 0 aliphatic heterocycles. The van der Waals surface area contributed by atoms with Crippen molar-refractivity contribution in [1.29, 1.82) is 0 Å². The number of carbonyl (C=O) groups is 1. The van der Waals surface area contributed by atoms with E-state index in [1.807, 2.05) is 33.9 Å². The number of rotatable bonds is 5. The van der Waals surface area contributed by atoms with E-state index < -0.39 is 32.2 Å². The molecule has 8 heteroatoms. The van der Waals surface area contributed by atoms with Gasteiger partial charge >= 0.3 is 12.3 Å². The highest BCUT2D eigenvalue weighted by Gasteiger charge is 2.42. The summed E-state index contributed by atoms with van der Waals surface area (Å²) in [5, 5.41) is 10.4. The number of amides is 1. The molecule has 0 heterocycles. The average Bonchev–Trinajstić information content (AvgIpc) is 2.49.